The van der Waals surface area contributed by atoms with Crippen molar-refractivity contribution in [3.63, 3.8) is 0 Å². The Balaban J connectivity index is 2.02. The maximum atomic E-state index is 10.1. The van der Waals surface area contributed by atoms with E-state index in [1.165, 1.54) is 11.3 Å². The summed E-state index contributed by atoms with van der Waals surface area (Å²) in [5.41, 5.74) is -3.39. The van der Waals surface area contributed by atoms with Crippen LogP contribution in [0.2, 0.25) is 0 Å². The van der Waals surface area contributed by atoms with Crippen molar-refractivity contribution in [1.82, 2.24) is 0 Å². The first kappa shape index (κ1) is 15.1. The quantitative estimate of drug-likeness (QED) is 0.844. The molecule has 1 aromatic heterocycles. The van der Waals surface area contributed by atoms with Gasteiger partial charge in [-0.3, -0.25) is 5.41 Å². The molecule has 4 atom stereocenters. The molecular weight excluding hydrogens is 324 g/mol. The highest BCUT2D eigenvalue weighted by Gasteiger charge is 2.80. The molecule has 1 aliphatic carbocycles. The zero-order valence-electron chi connectivity index (χ0n) is 12.8. The lowest BCUT2D eigenvalue weighted by molar-refractivity contribution is -0.293. The van der Waals surface area contributed by atoms with Gasteiger partial charge in [-0.2, -0.15) is 15.8 Å². The average molecular weight is 338 g/mol. The van der Waals surface area contributed by atoms with Gasteiger partial charge in [0, 0.05) is 11.3 Å². The van der Waals surface area contributed by atoms with Crippen molar-refractivity contribution < 1.29 is 9.47 Å². The summed E-state index contributed by atoms with van der Waals surface area (Å²) in [6.45, 7) is 0. The molecule has 0 radical (unpaired) electrons. The van der Waals surface area contributed by atoms with Crippen LogP contribution < -0.4 is 0 Å². The van der Waals surface area contributed by atoms with Gasteiger partial charge in [0.25, 0.3) is 0 Å². The summed E-state index contributed by atoms with van der Waals surface area (Å²) in [6, 6.07) is 9.91. The van der Waals surface area contributed by atoms with Gasteiger partial charge >= 0.3 is 0 Å². The second-order valence-electron chi connectivity index (χ2n) is 6.51. The lowest BCUT2D eigenvalue weighted by atomic mass is 9.52. The zero-order valence-corrected chi connectivity index (χ0v) is 13.6. The van der Waals surface area contributed by atoms with Crippen molar-refractivity contribution in [1.29, 1.82) is 21.2 Å². The molecule has 24 heavy (non-hydrogen) atoms. The summed E-state index contributed by atoms with van der Waals surface area (Å²) in [7, 11) is 0. The van der Waals surface area contributed by atoms with Crippen molar-refractivity contribution in [2.24, 2.45) is 16.7 Å². The Labute approximate surface area is 143 Å². The van der Waals surface area contributed by atoms with E-state index in [1.807, 2.05) is 11.4 Å². The number of thiophene rings is 1. The maximum Gasteiger partial charge on any atom is 0.217 e. The Morgan fingerprint density at radius 3 is 2.62 bits per heavy atom. The predicted octanol–water partition coefficient (Wildman–Crippen LogP) is 3.26. The van der Waals surface area contributed by atoms with Gasteiger partial charge < -0.3 is 9.47 Å². The first-order valence-electron chi connectivity index (χ1n) is 7.83. The van der Waals surface area contributed by atoms with E-state index >= 15 is 0 Å². The number of nitriles is 3. The minimum Gasteiger partial charge on any atom is -0.447 e. The van der Waals surface area contributed by atoms with Gasteiger partial charge in [-0.15, -0.1) is 11.3 Å². The van der Waals surface area contributed by atoms with Crippen LogP contribution in [0.1, 0.15) is 36.7 Å². The van der Waals surface area contributed by atoms with E-state index in [2.05, 4.69) is 18.2 Å². The summed E-state index contributed by atoms with van der Waals surface area (Å²) in [4.78, 5) is 0.708. The Bertz CT molecular complexity index is 816. The van der Waals surface area contributed by atoms with E-state index in [0.29, 0.717) is 17.7 Å². The summed E-state index contributed by atoms with van der Waals surface area (Å²) in [5.74, 6) is -1.83. The van der Waals surface area contributed by atoms with Gasteiger partial charge in [0.1, 0.15) is 6.10 Å². The summed E-state index contributed by atoms with van der Waals surface area (Å²) >= 11 is 1.38. The fourth-order valence-electron chi connectivity index (χ4n) is 4.56. The van der Waals surface area contributed by atoms with E-state index in [1.54, 1.807) is 6.07 Å². The number of rotatable bonds is 1. The summed E-state index contributed by atoms with van der Waals surface area (Å²) in [5, 5.41) is 40.2. The molecule has 4 rings (SSSR count). The van der Waals surface area contributed by atoms with Crippen LogP contribution in [0.15, 0.2) is 17.5 Å². The van der Waals surface area contributed by atoms with Crippen LogP contribution in [0.3, 0.4) is 0 Å². The van der Waals surface area contributed by atoms with Crippen LogP contribution in [0, 0.1) is 56.2 Å². The van der Waals surface area contributed by atoms with Crippen LogP contribution in [0.25, 0.3) is 0 Å². The van der Waals surface area contributed by atoms with Crippen molar-refractivity contribution in [3.8, 4) is 18.2 Å². The number of ether oxygens (including phenoxy) is 2. The topological polar surface area (TPSA) is 114 Å². The van der Waals surface area contributed by atoms with E-state index < -0.39 is 28.6 Å². The van der Waals surface area contributed by atoms with Crippen LogP contribution in [-0.2, 0) is 9.47 Å². The van der Waals surface area contributed by atoms with Gasteiger partial charge in [-0.25, -0.2) is 0 Å². The fraction of sp³-hybridized carbons (Fsp3) is 0.529. The largest absolute Gasteiger partial charge is 0.447 e. The first-order valence-corrected chi connectivity index (χ1v) is 8.71. The molecule has 1 N–H and O–H groups in total. The third-order valence-corrected chi connectivity index (χ3v) is 6.53. The molecule has 0 unspecified atom stereocenters. The van der Waals surface area contributed by atoms with E-state index in [0.717, 1.165) is 12.8 Å². The molecule has 2 saturated heterocycles. The van der Waals surface area contributed by atoms with Crippen molar-refractivity contribution in [2.75, 3.05) is 0 Å². The average Bonchev–Trinajstić information content (AvgIpc) is 3.19. The van der Waals surface area contributed by atoms with Crippen molar-refractivity contribution in [3.05, 3.63) is 22.4 Å². The third-order valence-electron chi connectivity index (χ3n) is 5.62. The van der Waals surface area contributed by atoms with Crippen LogP contribution in [0.5, 0.6) is 0 Å². The molecular formula is C17H14N4O2S. The molecule has 0 aromatic carbocycles. The van der Waals surface area contributed by atoms with Gasteiger partial charge in [-0.05, 0) is 24.3 Å². The van der Waals surface area contributed by atoms with E-state index in [4.69, 9.17) is 14.9 Å². The number of hydrogen-bond acceptors (Lipinski definition) is 7. The minimum atomic E-state index is -1.80. The molecule has 3 heterocycles. The maximum absolute atomic E-state index is 10.1. The van der Waals surface area contributed by atoms with Crippen LogP contribution in [0.4, 0.5) is 0 Å². The van der Waals surface area contributed by atoms with Gasteiger partial charge in [-0.1, -0.05) is 12.5 Å². The van der Waals surface area contributed by atoms with Crippen LogP contribution in [-0.4, -0.2) is 11.7 Å². The molecule has 0 amide bonds. The lowest BCUT2D eigenvalue weighted by Crippen LogP contribution is -2.60. The fourth-order valence-corrected chi connectivity index (χ4v) is 5.37. The highest BCUT2D eigenvalue weighted by Crippen LogP contribution is 2.69. The van der Waals surface area contributed by atoms with Gasteiger partial charge in [0.15, 0.2) is 5.41 Å². The molecule has 2 bridgehead atoms. The Kier molecular flexibility index (Phi) is 3.03. The van der Waals surface area contributed by atoms with Gasteiger partial charge in [0.2, 0.25) is 17.1 Å². The predicted molar refractivity (Wildman–Crippen MR) is 83.4 cm³/mol. The molecule has 6 nitrogen and oxygen atoms in total. The van der Waals surface area contributed by atoms with E-state index in [-0.39, 0.29) is 5.90 Å². The Morgan fingerprint density at radius 1 is 1.21 bits per heavy atom. The molecule has 1 aromatic rings. The molecule has 7 heteroatoms. The standard InChI is InChI=1S/C17H14N4O2S/c18-8-15(9-19)13(11-4-3-7-24-11)22-17-6-2-1-5-12(17)16(15,10-20)14(21)23-17/h3-4,7,12-13,21H,1-2,5-6H2/t12-,13-,16-,17+/m0/s1. The Hall–Kier alpha value is -2.40. The Morgan fingerprint density at radius 2 is 2.00 bits per heavy atom. The minimum absolute atomic E-state index is 0.293. The third kappa shape index (κ3) is 1.44. The van der Waals surface area contributed by atoms with Crippen molar-refractivity contribution >= 4 is 17.2 Å². The summed E-state index contributed by atoms with van der Waals surface area (Å²) < 4.78 is 12.1. The molecule has 2 aliphatic heterocycles. The monoisotopic (exact) mass is 338 g/mol. The normalized spacial score (nSPS) is 39.0. The smallest absolute Gasteiger partial charge is 0.217 e. The first-order chi connectivity index (χ1) is 11.6. The van der Waals surface area contributed by atoms with Crippen molar-refractivity contribution in [2.45, 2.75) is 37.6 Å². The van der Waals surface area contributed by atoms with E-state index in [9.17, 15) is 15.8 Å². The molecule has 0 spiro atoms. The van der Waals surface area contributed by atoms with Crippen LogP contribution >= 0.6 is 11.3 Å². The number of nitrogens with one attached hydrogen (secondary N) is 1. The number of nitrogens with zero attached hydrogens (tertiary/aromatic N) is 3. The summed E-state index contributed by atoms with van der Waals surface area (Å²) in [6.07, 6.45) is 2.02. The second-order valence-corrected chi connectivity index (χ2v) is 7.49. The highest BCUT2D eigenvalue weighted by molar-refractivity contribution is 7.10. The lowest BCUT2D eigenvalue weighted by Gasteiger charge is -2.51. The second kappa shape index (κ2) is 4.80. The SMILES string of the molecule is N#CC1(C#N)[C@H](c2cccs2)O[C@@]23CCCC[C@H]2[C@@]1(C#N)C(=N)O3. The zero-order chi connectivity index (χ0) is 17.0. The molecule has 120 valence electrons. The van der Waals surface area contributed by atoms with Gasteiger partial charge in [0.05, 0.1) is 24.1 Å². The molecule has 1 saturated carbocycles. The highest BCUT2D eigenvalue weighted by atomic mass is 32.1. The number of hydrogen-bond donors (Lipinski definition) is 1. The molecule has 3 aliphatic rings. The molecule has 3 fully saturated rings.